The predicted molar refractivity (Wildman–Crippen MR) is 172 cm³/mol. The number of hydrogen-bond donors (Lipinski definition) is 1. The van der Waals surface area contributed by atoms with Gasteiger partial charge in [-0.2, -0.15) is 0 Å². The van der Waals surface area contributed by atoms with E-state index in [0.29, 0.717) is 17.1 Å². The summed E-state index contributed by atoms with van der Waals surface area (Å²) in [7, 11) is -2.63. The Morgan fingerprint density at radius 3 is 2.09 bits per heavy atom. The lowest BCUT2D eigenvalue weighted by Gasteiger charge is -2.34. The molecule has 4 aromatic carbocycles. The molecule has 0 radical (unpaired) electrons. The first-order valence-corrected chi connectivity index (χ1v) is 15.9. The molecule has 224 valence electrons. The lowest BCUT2D eigenvalue weighted by Crippen LogP contribution is -2.53. The lowest BCUT2D eigenvalue weighted by molar-refractivity contribution is -0.139. The fraction of sp³-hybridized carbons (Fsp3) is 0.235. The van der Waals surface area contributed by atoms with Gasteiger partial charge in [-0.05, 0) is 60.4 Å². The molecule has 0 fully saturated rings. The molecule has 4 rings (SSSR count). The van der Waals surface area contributed by atoms with Crippen LogP contribution in [-0.4, -0.2) is 44.8 Å². The number of anilines is 1. The summed E-state index contributed by atoms with van der Waals surface area (Å²) in [5, 5.41) is 3.24. The Balaban J connectivity index is 1.81. The van der Waals surface area contributed by atoms with Crippen LogP contribution in [0.4, 0.5) is 5.69 Å². The SMILES string of the molecule is CCc1ccccc1N(CC(=O)N(Cc1ccc(Cl)cc1)C(Cc1ccccc1)C(=O)NC)S(=O)(=O)c1ccc(C)cc1. The standard InChI is InChI=1S/C34H36ClN3O4S/c1-4-28-12-8-9-13-31(28)38(43(41,42)30-20-14-25(2)15-21-30)24-33(39)37(23-27-16-18-29(35)19-17-27)32(34(40)36-3)22-26-10-6-5-7-11-26/h5-21,32H,4,22-24H2,1-3H3,(H,36,40). The number of sulfonamides is 1. The largest absolute Gasteiger partial charge is 0.357 e. The van der Waals surface area contributed by atoms with Gasteiger partial charge < -0.3 is 10.2 Å². The van der Waals surface area contributed by atoms with Crippen LogP contribution in [0, 0.1) is 6.92 Å². The number of para-hydroxylation sites is 1. The molecule has 0 aliphatic heterocycles. The van der Waals surface area contributed by atoms with Crippen molar-refractivity contribution >= 4 is 39.1 Å². The maximum absolute atomic E-state index is 14.4. The second kappa shape index (κ2) is 14.4. The van der Waals surface area contributed by atoms with Crippen LogP contribution in [0.1, 0.15) is 29.2 Å². The van der Waals surface area contributed by atoms with Crippen molar-refractivity contribution in [2.45, 2.75) is 44.2 Å². The van der Waals surface area contributed by atoms with Crippen LogP contribution in [0.2, 0.25) is 5.02 Å². The van der Waals surface area contributed by atoms with E-state index in [1.54, 1.807) is 60.7 Å². The van der Waals surface area contributed by atoms with Gasteiger partial charge in [0.2, 0.25) is 11.8 Å². The molecule has 0 saturated carbocycles. The first-order chi connectivity index (χ1) is 20.6. The number of nitrogens with zero attached hydrogens (tertiary/aromatic N) is 2. The number of nitrogens with one attached hydrogen (secondary N) is 1. The summed E-state index contributed by atoms with van der Waals surface area (Å²) in [6.07, 6.45) is 0.809. The Labute approximate surface area is 259 Å². The highest BCUT2D eigenvalue weighted by molar-refractivity contribution is 7.92. The quantitative estimate of drug-likeness (QED) is 0.218. The highest BCUT2D eigenvalue weighted by atomic mass is 35.5. The van der Waals surface area contributed by atoms with E-state index in [9.17, 15) is 18.0 Å². The second-order valence-electron chi connectivity index (χ2n) is 10.3. The molecule has 4 aromatic rings. The van der Waals surface area contributed by atoms with Crippen LogP contribution < -0.4 is 9.62 Å². The van der Waals surface area contributed by atoms with Gasteiger partial charge in [0.1, 0.15) is 12.6 Å². The van der Waals surface area contributed by atoms with Gasteiger partial charge in [-0.15, -0.1) is 0 Å². The first-order valence-electron chi connectivity index (χ1n) is 14.1. The molecular weight excluding hydrogens is 582 g/mol. The molecule has 0 bridgehead atoms. The summed E-state index contributed by atoms with van der Waals surface area (Å²) in [6.45, 7) is 3.40. The molecule has 9 heteroatoms. The monoisotopic (exact) mass is 617 g/mol. The van der Waals surface area contributed by atoms with Crippen molar-refractivity contribution in [1.29, 1.82) is 0 Å². The third kappa shape index (κ3) is 7.83. The summed E-state index contributed by atoms with van der Waals surface area (Å²) < 4.78 is 29.5. The summed E-state index contributed by atoms with van der Waals surface area (Å²) in [5.41, 5.74) is 3.73. The van der Waals surface area contributed by atoms with Gasteiger partial charge in [0, 0.05) is 25.0 Å². The average Bonchev–Trinajstić information content (AvgIpc) is 3.02. The van der Waals surface area contributed by atoms with Gasteiger partial charge in [0.05, 0.1) is 10.6 Å². The fourth-order valence-electron chi connectivity index (χ4n) is 4.91. The second-order valence-corrected chi connectivity index (χ2v) is 12.6. The maximum Gasteiger partial charge on any atom is 0.264 e. The number of amides is 2. The molecule has 1 unspecified atom stereocenters. The Hall–Kier alpha value is -4.14. The normalized spacial score (nSPS) is 11.9. The van der Waals surface area contributed by atoms with E-state index in [1.807, 2.05) is 56.3 Å². The first kappa shape index (κ1) is 31.8. The third-order valence-corrected chi connectivity index (χ3v) is 9.34. The van der Waals surface area contributed by atoms with Crippen LogP contribution in [0.5, 0.6) is 0 Å². The highest BCUT2D eigenvalue weighted by Gasteiger charge is 2.34. The van der Waals surface area contributed by atoms with Crippen molar-refractivity contribution in [3.05, 3.63) is 130 Å². The van der Waals surface area contributed by atoms with Crippen molar-refractivity contribution in [2.75, 3.05) is 17.9 Å². The molecule has 0 aliphatic rings. The summed E-state index contributed by atoms with van der Waals surface area (Å²) in [4.78, 5) is 29.3. The third-order valence-electron chi connectivity index (χ3n) is 7.31. The Morgan fingerprint density at radius 2 is 1.47 bits per heavy atom. The smallest absolute Gasteiger partial charge is 0.264 e. The minimum atomic E-state index is -4.15. The molecular formula is C34H36ClN3O4S. The fourth-order valence-corrected chi connectivity index (χ4v) is 6.49. The minimum Gasteiger partial charge on any atom is -0.357 e. The van der Waals surface area contributed by atoms with Gasteiger partial charge in [0.25, 0.3) is 10.0 Å². The lowest BCUT2D eigenvalue weighted by atomic mass is 10.0. The van der Waals surface area contributed by atoms with Crippen LogP contribution in [-0.2, 0) is 39.0 Å². The molecule has 0 aliphatic carbocycles. The summed E-state index contributed by atoms with van der Waals surface area (Å²) in [5.74, 6) is -0.867. The van der Waals surface area contributed by atoms with Gasteiger partial charge in [-0.1, -0.05) is 96.9 Å². The molecule has 7 nitrogen and oxygen atoms in total. The molecule has 43 heavy (non-hydrogen) atoms. The Bertz CT molecular complexity index is 1640. The molecule has 0 heterocycles. The van der Waals surface area contributed by atoms with Crippen LogP contribution >= 0.6 is 11.6 Å². The molecule has 0 saturated heterocycles. The Morgan fingerprint density at radius 1 is 0.837 bits per heavy atom. The van der Waals surface area contributed by atoms with Gasteiger partial charge in [0.15, 0.2) is 0 Å². The Kier molecular flexibility index (Phi) is 10.6. The van der Waals surface area contributed by atoms with Gasteiger partial charge in [-0.25, -0.2) is 8.42 Å². The van der Waals surface area contributed by atoms with Gasteiger partial charge >= 0.3 is 0 Å². The van der Waals surface area contributed by atoms with Crippen molar-refractivity contribution in [1.82, 2.24) is 10.2 Å². The number of rotatable bonds is 12. The molecule has 1 atom stereocenters. The average molecular weight is 618 g/mol. The van der Waals surface area contributed by atoms with Gasteiger partial charge in [-0.3, -0.25) is 13.9 Å². The molecule has 1 N–H and O–H groups in total. The molecule has 0 spiro atoms. The number of carbonyl (C=O) groups excluding carboxylic acids is 2. The number of halogens is 1. The van der Waals surface area contributed by atoms with Crippen LogP contribution in [0.15, 0.2) is 108 Å². The van der Waals surface area contributed by atoms with E-state index in [1.165, 1.54) is 11.9 Å². The van der Waals surface area contributed by atoms with E-state index in [0.717, 1.165) is 26.6 Å². The zero-order valence-electron chi connectivity index (χ0n) is 24.5. The van der Waals surface area contributed by atoms with E-state index in [2.05, 4.69) is 5.32 Å². The minimum absolute atomic E-state index is 0.0770. The van der Waals surface area contributed by atoms with E-state index in [-0.39, 0.29) is 23.8 Å². The summed E-state index contributed by atoms with van der Waals surface area (Å²) in [6, 6.07) is 29.3. The topological polar surface area (TPSA) is 86.8 Å². The van der Waals surface area contributed by atoms with Crippen LogP contribution in [0.3, 0.4) is 0 Å². The van der Waals surface area contributed by atoms with E-state index in [4.69, 9.17) is 11.6 Å². The zero-order valence-corrected chi connectivity index (χ0v) is 26.1. The molecule has 0 aromatic heterocycles. The number of carbonyl (C=O) groups is 2. The number of benzene rings is 4. The predicted octanol–water partition coefficient (Wildman–Crippen LogP) is 5.79. The highest BCUT2D eigenvalue weighted by Crippen LogP contribution is 2.29. The number of aryl methyl sites for hydroxylation is 2. The van der Waals surface area contributed by atoms with Crippen LogP contribution in [0.25, 0.3) is 0 Å². The molecule has 2 amide bonds. The number of likely N-dealkylation sites (N-methyl/N-ethyl adjacent to an activating group) is 1. The van der Waals surface area contributed by atoms with Crippen molar-refractivity contribution < 1.29 is 18.0 Å². The zero-order chi connectivity index (χ0) is 31.0. The van der Waals surface area contributed by atoms with E-state index >= 15 is 0 Å². The van der Waals surface area contributed by atoms with E-state index < -0.39 is 28.5 Å². The number of hydrogen-bond acceptors (Lipinski definition) is 4. The van der Waals surface area contributed by atoms with Crippen molar-refractivity contribution in [2.24, 2.45) is 0 Å². The van der Waals surface area contributed by atoms with Crippen molar-refractivity contribution in [3.63, 3.8) is 0 Å². The maximum atomic E-state index is 14.4. The van der Waals surface area contributed by atoms with Crippen molar-refractivity contribution in [3.8, 4) is 0 Å². The summed E-state index contributed by atoms with van der Waals surface area (Å²) >= 11 is 6.12.